The number of aliphatic carboxylic acids is 1. The van der Waals surface area contributed by atoms with Gasteiger partial charge in [-0.2, -0.15) is 0 Å². The maximum atomic E-state index is 10.8. The summed E-state index contributed by atoms with van der Waals surface area (Å²) in [5, 5.41) is 8.86. The molecule has 0 fully saturated rings. The van der Waals surface area contributed by atoms with Crippen molar-refractivity contribution in [1.29, 1.82) is 0 Å². The van der Waals surface area contributed by atoms with Crippen LogP contribution in [0.15, 0.2) is 79.1 Å². The van der Waals surface area contributed by atoms with Crippen molar-refractivity contribution < 1.29 is 9.90 Å². The van der Waals surface area contributed by atoms with E-state index >= 15 is 0 Å². The van der Waals surface area contributed by atoms with Crippen molar-refractivity contribution >= 4 is 17.6 Å². The molecule has 0 bridgehead atoms. The molecule has 0 saturated heterocycles. The van der Waals surface area contributed by atoms with Crippen LogP contribution >= 0.6 is 0 Å². The van der Waals surface area contributed by atoms with Gasteiger partial charge in [-0.3, -0.25) is 9.78 Å². The molecule has 0 atom stereocenters. The minimum atomic E-state index is -0.821. The van der Waals surface area contributed by atoms with E-state index in [1.54, 1.807) is 6.20 Å². The lowest BCUT2D eigenvalue weighted by atomic mass is 9.96. The van der Waals surface area contributed by atoms with Gasteiger partial charge in [0.1, 0.15) is 0 Å². The van der Waals surface area contributed by atoms with Crippen LogP contribution in [0.4, 0.5) is 0 Å². The van der Waals surface area contributed by atoms with Crippen LogP contribution < -0.4 is 0 Å². The second-order valence-corrected chi connectivity index (χ2v) is 5.48. The van der Waals surface area contributed by atoms with Crippen molar-refractivity contribution in [3.05, 3.63) is 101 Å². The molecule has 3 heteroatoms. The third kappa shape index (κ3) is 3.96. The molecule has 0 unspecified atom stereocenters. The van der Waals surface area contributed by atoms with E-state index in [0.717, 1.165) is 27.8 Å². The summed E-state index contributed by atoms with van der Waals surface area (Å²) in [7, 11) is 0. The Labute approximate surface area is 140 Å². The third-order valence-corrected chi connectivity index (χ3v) is 3.70. The molecule has 0 aliphatic carbocycles. The molecule has 1 N–H and O–H groups in total. The monoisotopic (exact) mass is 315 g/mol. The number of carboxylic acid groups (broad SMARTS) is 1. The minimum absolute atomic E-state index is 0.0398. The number of nitrogens with zero attached hydrogens (tertiary/aromatic N) is 1. The number of rotatable bonds is 5. The van der Waals surface area contributed by atoms with Crippen LogP contribution in [0.5, 0.6) is 0 Å². The fourth-order valence-corrected chi connectivity index (χ4v) is 2.55. The summed E-state index contributed by atoms with van der Waals surface area (Å²) in [6.07, 6.45) is 5.74. The van der Waals surface area contributed by atoms with Crippen molar-refractivity contribution in [1.82, 2.24) is 4.98 Å². The standard InChI is InChI=1S/C21H17NO2/c23-21(24)14-17-10-8-16(9-11-17)13-20(18-5-2-1-3-6-18)19-7-4-12-22-15-19/h1-13,15H,14H2,(H,23,24)/b20-13+. The van der Waals surface area contributed by atoms with Crippen LogP contribution in [0.3, 0.4) is 0 Å². The van der Waals surface area contributed by atoms with E-state index in [2.05, 4.69) is 23.2 Å². The SMILES string of the molecule is O=C(O)Cc1ccc(/C=C(\c2ccccc2)c2cccnc2)cc1. The molecular formula is C21H17NO2. The average Bonchev–Trinajstić information content (AvgIpc) is 2.62. The Morgan fingerprint density at radius 2 is 1.62 bits per heavy atom. The van der Waals surface area contributed by atoms with Crippen molar-refractivity contribution in [3.8, 4) is 0 Å². The molecule has 1 aromatic heterocycles. The van der Waals surface area contributed by atoms with E-state index in [4.69, 9.17) is 5.11 Å². The summed E-state index contributed by atoms with van der Waals surface area (Å²) in [5.74, 6) is -0.821. The predicted octanol–water partition coefficient (Wildman–Crippen LogP) is 4.30. The molecule has 3 aromatic rings. The average molecular weight is 315 g/mol. The maximum Gasteiger partial charge on any atom is 0.307 e. The van der Waals surface area contributed by atoms with E-state index in [-0.39, 0.29) is 6.42 Å². The molecule has 0 amide bonds. The predicted molar refractivity (Wildman–Crippen MR) is 95.4 cm³/mol. The van der Waals surface area contributed by atoms with Crippen molar-refractivity contribution in [2.24, 2.45) is 0 Å². The highest BCUT2D eigenvalue weighted by Gasteiger charge is 2.06. The van der Waals surface area contributed by atoms with Gasteiger partial charge >= 0.3 is 5.97 Å². The van der Waals surface area contributed by atoms with Gasteiger partial charge in [0.2, 0.25) is 0 Å². The van der Waals surface area contributed by atoms with Crippen LogP contribution in [0.2, 0.25) is 0 Å². The molecule has 3 nitrogen and oxygen atoms in total. The van der Waals surface area contributed by atoms with Gasteiger partial charge < -0.3 is 5.11 Å². The summed E-state index contributed by atoms with van der Waals surface area (Å²) in [6, 6.07) is 21.7. The summed E-state index contributed by atoms with van der Waals surface area (Å²) in [5.41, 5.74) is 5.04. The number of carboxylic acids is 1. The van der Waals surface area contributed by atoms with Crippen molar-refractivity contribution in [2.45, 2.75) is 6.42 Å². The van der Waals surface area contributed by atoms with Gasteiger partial charge in [-0.05, 0) is 34.4 Å². The summed E-state index contributed by atoms with van der Waals surface area (Å²) in [4.78, 5) is 15.0. The fourth-order valence-electron chi connectivity index (χ4n) is 2.55. The normalized spacial score (nSPS) is 11.2. The molecule has 0 spiro atoms. The second-order valence-electron chi connectivity index (χ2n) is 5.48. The summed E-state index contributed by atoms with van der Waals surface area (Å²) >= 11 is 0. The Morgan fingerprint density at radius 3 is 2.25 bits per heavy atom. The van der Waals surface area contributed by atoms with E-state index in [1.165, 1.54) is 0 Å². The molecule has 2 aromatic carbocycles. The zero-order valence-electron chi connectivity index (χ0n) is 13.1. The fraction of sp³-hybridized carbons (Fsp3) is 0.0476. The highest BCUT2D eigenvalue weighted by atomic mass is 16.4. The van der Waals surface area contributed by atoms with Gasteiger partial charge in [0.25, 0.3) is 0 Å². The quantitative estimate of drug-likeness (QED) is 0.714. The Morgan fingerprint density at radius 1 is 0.917 bits per heavy atom. The number of hydrogen-bond acceptors (Lipinski definition) is 2. The first kappa shape index (κ1) is 15.7. The lowest BCUT2D eigenvalue weighted by molar-refractivity contribution is -0.136. The molecule has 0 radical (unpaired) electrons. The summed E-state index contributed by atoms with van der Waals surface area (Å²) in [6.45, 7) is 0. The lowest BCUT2D eigenvalue weighted by Crippen LogP contribution is -1.99. The first-order valence-electron chi connectivity index (χ1n) is 7.70. The largest absolute Gasteiger partial charge is 0.481 e. The van der Waals surface area contributed by atoms with Crippen LogP contribution in [0, 0.1) is 0 Å². The van der Waals surface area contributed by atoms with Gasteiger partial charge in [-0.1, -0.05) is 60.7 Å². The highest BCUT2D eigenvalue weighted by molar-refractivity contribution is 5.91. The Hall–Kier alpha value is -3.20. The number of aromatic nitrogens is 1. The Balaban J connectivity index is 1.99. The molecule has 0 aliphatic heterocycles. The smallest absolute Gasteiger partial charge is 0.307 e. The molecular weight excluding hydrogens is 298 g/mol. The maximum absolute atomic E-state index is 10.8. The molecule has 0 saturated carbocycles. The number of benzene rings is 2. The van der Waals surface area contributed by atoms with Crippen molar-refractivity contribution in [2.75, 3.05) is 0 Å². The van der Waals surface area contributed by atoms with Crippen molar-refractivity contribution in [3.63, 3.8) is 0 Å². The van der Waals surface area contributed by atoms with Crippen LogP contribution in [-0.2, 0) is 11.2 Å². The van der Waals surface area contributed by atoms with Crippen LogP contribution in [0.25, 0.3) is 11.6 Å². The van der Waals surface area contributed by atoms with E-state index in [0.29, 0.717) is 0 Å². The Bertz CT molecular complexity index is 797. The van der Waals surface area contributed by atoms with E-state index < -0.39 is 5.97 Å². The van der Waals surface area contributed by atoms with Gasteiger partial charge in [0.15, 0.2) is 0 Å². The van der Waals surface area contributed by atoms with Gasteiger partial charge in [-0.25, -0.2) is 0 Å². The van der Waals surface area contributed by atoms with Gasteiger partial charge in [0.05, 0.1) is 6.42 Å². The van der Waals surface area contributed by atoms with E-state index in [9.17, 15) is 4.79 Å². The minimum Gasteiger partial charge on any atom is -0.481 e. The second kappa shape index (κ2) is 7.38. The number of carbonyl (C=O) groups is 1. The highest BCUT2D eigenvalue weighted by Crippen LogP contribution is 2.25. The topological polar surface area (TPSA) is 50.2 Å². The van der Waals surface area contributed by atoms with Gasteiger partial charge in [-0.15, -0.1) is 0 Å². The molecule has 0 aliphatic rings. The third-order valence-electron chi connectivity index (χ3n) is 3.70. The van der Waals surface area contributed by atoms with E-state index in [1.807, 2.05) is 60.8 Å². The molecule has 3 rings (SSSR count). The first-order valence-corrected chi connectivity index (χ1v) is 7.70. The van der Waals surface area contributed by atoms with Crippen LogP contribution in [0.1, 0.15) is 22.3 Å². The zero-order valence-corrected chi connectivity index (χ0v) is 13.1. The Kier molecular flexibility index (Phi) is 4.82. The molecule has 24 heavy (non-hydrogen) atoms. The lowest BCUT2D eigenvalue weighted by Gasteiger charge is -2.09. The zero-order chi connectivity index (χ0) is 16.8. The number of pyridine rings is 1. The van der Waals surface area contributed by atoms with Gasteiger partial charge in [0, 0.05) is 18.0 Å². The first-order chi connectivity index (χ1) is 11.7. The molecule has 118 valence electrons. The number of hydrogen-bond donors (Lipinski definition) is 1. The summed E-state index contributed by atoms with van der Waals surface area (Å²) < 4.78 is 0. The molecule has 1 heterocycles. The van der Waals surface area contributed by atoms with Crippen LogP contribution in [-0.4, -0.2) is 16.1 Å².